The minimum Gasteiger partial charge on any atom is -0.441 e. The van der Waals surface area contributed by atoms with Gasteiger partial charge in [0, 0.05) is 40.8 Å². The summed E-state index contributed by atoms with van der Waals surface area (Å²) in [6, 6.07) is 11.1. The van der Waals surface area contributed by atoms with Gasteiger partial charge in [-0.15, -0.1) is 0 Å². The number of amides is 1. The van der Waals surface area contributed by atoms with E-state index >= 15 is 0 Å². The molecule has 5 nitrogen and oxygen atoms in total. The number of aromatic nitrogens is 2. The van der Waals surface area contributed by atoms with Gasteiger partial charge in [0.05, 0.1) is 0 Å². The van der Waals surface area contributed by atoms with Crippen molar-refractivity contribution in [2.75, 3.05) is 5.32 Å². The van der Waals surface area contributed by atoms with Gasteiger partial charge in [-0.3, -0.25) is 4.79 Å². The molecule has 5 heteroatoms. The van der Waals surface area contributed by atoms with E-state index in [-0.39, 0.29) is 5.91 Å². The van der Waals surface area contributed by atoms with Crippen molar-refractivity contribution in [3.8, 4) is 0 Å². The van der Waals surface area contributed by atoms with E-state index in [2.05, 4.69) is 22.2 Å². The zero-order valence-electron chi connectivity index (χ0n) is 13.7. The van der Waals surface area contributed by atoms with Gasteiger partial charge in [0.2, 0.25) is 0 Å². The van der Waals surface area contributed by atoms with Gasteiger partial charge in [-0.05, 0) is 49.7 Å². The van der Waals surface area contributed by atoms with Crippen LogP contribution in [0.3, 0.4) is 0 Å². The van der Waals surface area contributed by atoms with Crippen molar-refractivity contribution < 1.29 is 9.21 Å². The summed E-state index contributed by atoms with van der Waals surface area (Å²) in [6.45, 7) is 5.88. The Morgan fingerprint density at radius 1 is 1.12 bits per heavy atom. The van der Waals surface area contributed by atoms with Gasteiger partial charge in [-0.2, -0.15) is 0 Å². The number of aromatic amines is 1. The molecule has 0 saturated carbocycles. The van der Waals surface area contributed by atoms with Gasteiger partial charge in [0.1, 0.15) is 5.52 Å². The Labute approximate surface area is 138 Å². The molecule has 24 heavy (non-hydrogen) atoms. The number of H-pyrrole nitrogens is 1. The van der Waals surface area contributed by atoms with Crippen LogP contribution in [0, 0.1) is 20.8 Å². The van der Waals surface area contributed by atoms with Crippen molar-refractivity contribution in [3.63, 3.8) is 0 Å². The second-order valence-electron chi connectivity index (χ2n) is 6.00. The van der Waals surface area contributed by atoms with Crippen LogP contribution in [0.25, 0.3) is 22.0 Å². The summed E-state index contributed by atoms with van der Waals surface area (Å²) in [5.41, 5.74) is 6.08. The average molecular weight is 319 g/mol. The van der Waals surface area contributed by atoms with E-state index in [1.807, 2.05) is 37.3 Å². The second-order valence-corrected chi connectivity index (χ2v) is 6.00. The molecule has 2 aromatic carbocycles. The van der Waals surface area contributed by atoms with E-state index in [1.54, 1.807) is 13.0 Å². The van der Waals surface area contributed by atoms with E-state index in [4.69, 9.17) is 4.42 Å². The number of oxazole rings is 1. The molecule has 4 aromatic rings. The lowest BCUT2D eigenvalue weighted by Gasteiger charge is -2.05. The van der Waals surface area contributed by atoms with Crippen LogP contribution in [0.5, 0.6) is 0 Å². The van der Waals surface area contributed by atoms with E-state index in [9.17, 15) is 4.79 Å². The van der Waals surface area contributed by atoms with Crippen LogP contribution in [0.4, 0.5) is 5.69 Å². The first-order chi connectivity index (χ1) is 11.5. The molecule has 0 aliphatic rings. The summed E-state index contributed by atoms with van der Waals surface area (Å²) in [5, 5.41) is 3.98. The summed E-state index contributed by atoms with van der Waals surface area (Å²) in [5.74, 6) is 0.461. The molecule has 0 unspecified atom stereocenters. The summed E-state index contributed by atoms with van der Waals surface area (Å²) in [7, 11) is 0. The third-order valence-electron chi connectivity index (χ3n) is 4.32. The van der Waals surface area contributed by atoms with Crippen LogP contribution >= 0.6 is 0 Å². The molecule has 0 aliphatic heterocycles. The fourth-order valence-electron chi connectivity index (χ4n) is 2.92. The average Bonchev–Trinajstić information content (AvgIpc) is 3.06. The molecule has 0 radical (unpaired) electrons. The van der Waals surface area contributed by atoms with Gasteiger partial charge < -0.3 is 14.7 Å². The van der Waals surface area contributed by atoms with E-state index < -0.39 is 0 Å². The van der Waals surface area contributed by atoms with Gasteiger partial charge in [0.25, 0.3) is 5.91 Å². The van der Waals surface area contributed by atoms with Crippen molar-refractivity contribution in [1.29, 1.82) is 0 Å². The maximum Gasteiger partial charge on any atom is 0.255 e. The molecule has 0 aliphatic carbocycles. The van der Waals surface area contributed by atoms with Crippen LogP contribution in [-0.2, 0) is 0 Å². The number of rotatable bonds is 2. The van der Waals surface area contributed by atoms with Gasteiger partial charge in [-0.25, -0.2) is 4.98 Å². The highest BCUT2D eigenvalue weighted by Gasteiger charge is 2.11. The van der Waals surface area contributed by atoms with Gasteiger partial charge in [0.15, 0.2) is 11.5 Å². The van der Waals surface area contributed by atoms with Crippen LogP contribution in [0.2, 0.25) is 0 Å². The lowest BCUT2D eigenvalue weighted by atomic mass is 10.1. The molecule has 2 aromatic heterocycles. The molecule has 0 saturated heterocycles. The molecule has 2 N–H and O–H groups in total. The Hall–Kier alpha value is -3.08. The number of nitrogens with one attached hydrogen (secondary N) is 2. The molecule has 4 rings (SSSR count). The van der Waals surface area contributed by atoms with Gasteiger partial charge in [-0.1, -0.05) is 0 Å². The third-order valence-corrected chi connectivity index (χ3v) is 4.32. The first kappa shape index (κ1) is 14.5. The predicted octanol–water partition coefficient (Wildman–Crippen LogP) is 4.49. The Kier molecular flexibility index (Phi) is 3.16. The SMILES string of the molecule is Cc1nc2ccc(NC(=O)c3ccc4[nH]c(C)c(C)c4c3)cc2o1. The fourth-order valence-corrected chi connectivity index (χ4v) is 2.92. The molecular formula is C19H17N3O2. The summed E-state index contributed by atoms with van der Waals surface area (Å²) >= 11 is 0. The number of carbonyl (C=O) groups excluding carboxylic acids is 1. The first-order valence-corrected chi connectivity index (χ1v) is 7.79. The topological polar surface area (TPSA) is 70.9 Å². The highest BCUT2D eigenvalue weighted by Crippen LogP contribution is 2.24. The quantitative estimate of drug-likeness (QED) is 0.572. The third kappa shape index (κ3) is 2.34. The minimum absolute atomic E-state index is 0.147. The number of fused-ring (bicyclic) bond motifs is 2. The normalized spacial score (nSPS) is 11.3. The maximum atomic E-state index is 12.5. The number of nitrogens with zero attached hydrogens (tertiary/aromatic N) is 1. The second kappa shape index (κ2) is 5.23. The highest BCUT2D eigenvalue weighted by atomic mass is 16.3. The zero-order chi connectivity index (χ0) is 16.8. The van der Waals surface area contributed by atoms with Crippen molar-refractivity contribution in [2.24, 2.45) is 0 Å². The van der Waals surface area contributed by atoms with Crippen molar-refractivity contribution in [1.82, 2.24) is 9.97 Å². The molecule has 120 valence electrons. The highest BCUT2D eigenvalue weighted by molar-refractivity contribution is 6.07. The molecular weight excluding hydrogens is 302 g/mol. The zero-order valence-corrected chi connectivity index (χ0v) is 13.7. The Morgan fingerprint density at radius 3 is 2.79 bits per heavy atom. The van der Waals surface area contributed by atoms with Crippen LogP contribution in [-0.4, -0.2) is 15.9 Å². The summed E-state index contributed by atoms with van der Waals surface area (Å²) in [4.78, 5) is 20.1. The van der Waals surface area contributed by atoms with Crippen LogP contribution in [0.1, 0.15) is 27.5 Å². The molecule has 1 amide bonds. The van der Waals surface area contributed by atoms with Crippen LogP contribution in [0.15, 0.2) is 40.8 Å². The van der Waals surface area contributed by atoms with Crippen LogP contribution < -0.4 is 5.32 Å². The smallest absolute Gasteiger partial charge is 0.255 e. The number of hydrogen-bond acceptors (Lipinski definition) is 3. The maximum absolute atomic E-state index is 12.5. The minimum atomic E-state index is -0.147. The molecule has 2 heterocycles. The summed E-state index contributed by atoms with van der Waals surface area (Å²) in [6.07, 6.45) is 0. The molecule has 0 spiro atoms. The van der Waals surface area contributed by atoms with E-state index in [0.29, 0.717) is 22.7 Å². The molecule has 0 bridgehead atoms. The molecule has 0 atom stereocenters. The number of carbonyl (C=O) groups is 1. The first-order valence-electron chi connectivity index (χ1n) is 7.79. The van der Waals surface area contributed by atoms with Gasteiger partial charge >= 0.3 is 0 Å². The Balaban J connectivity index is 1.66. The van der Waals surface area contributed by atoms with Crippen molar-refractivity contribution in [3.05, 3.63) is 59.1 Å². The standard InChI is InChI=1S/C19H17N3O2/c1-10-11(2)20-16-6-4-13(8-15(10)16)19(23)22-14-5-7-17-18(9-14)24-12(3)21-17/h4-9,20H,1-3H3,(H,22,23). The summed E-state index contributed by atoms with van der Waals surface area (Å²) < 4.78 is 5.51. The van der Waals surface area contributed by atoms with E-state index in [1.165, 1.54) is 5.56 Å². The molecule has 0 fully saturated rings. The fraction of sp³-hybridized carbons (Fsp3) is 0.158. The number of benzene rings is 2. The lowest BCUT2D eigenvalue weighted by molar-refractivity contribution is 0.102. The lowest BCUT2D eigenvalue weighted by Crippen LogP contribution is -2.11. The largest absolute Gasteiger partial charge is 0.441 e. The predicted molar refractivity (Wildman–Crippen MR) is 94.5 cm³/mol. The monoisotopic (exact) mass is 319 g/mol. The Bertz CT molecular complexity index is 1090. The van der Waals surface area contributed by atoms with Crippen molar-refractivity contribution in [2.45, 2.75) is 20.8 Å². The van der Waals surface area contributed by atoms with E-state index in [0.717, 1.165) is 22.1 Å². The Morgan fingerprint density at radius 2 is 1.96 bits per heavy atom. The van der Waals surface area contributed by atoms with Crippen molar-refractivity contribution >= 4 is 33.6 Å². The number of anilines is 1. The number of hydrogen-bond donors (Lipinski definition) is 2. The number of aryl methyl sites for hydroxylation is 3.